The summed E-state index contributed by atoms with van der Waals surface area (Å²) in [5.41, 5.74) is 3.88. The number of carbonyl (C=O) groups excluding carboxylic acids is 3. The van der Waals surface area contributed by atoms with Gasteiger partial charge in [0.1, 0.15) is 6.04 Å². The quantitative estimate of drug-likeness (QED) is 0.212. The van der Waals surface area contributed by atoms with E-state index in [4.69, 9.17) is 11.6 Å². The fourth-order valence-electron chi connectivity index (χ4n) is 4.89. The molecule has 0 saturated carbocycles. The molecule has 1 amide bonds. The summed E-state index contributed by atoms with van der Waals surface area (Å²) >= 11 is 6.14. The summed E-state index contributed by atoms with van der Waals surface area (Å²) in [5.74, 6) is -3.13. The van der Waals surface area contributed by atoms with E-state index in [0.717, 1.165) is 17.5 Å². The van der Waals surface area contributed by atoms with Gasteiger partial charge < -0.3 is 15.2 Å². The number of hydrogen-bond acceptors (Lipinski definition) is 8. The summed E-state index contributed by atoms with van der Waals surface area (Å²) < 4.78 is 31.2. The lowest BCUT2D eigenvalue weighted by Gasteiger charge is -2.21. The molecule has 0 spiro atoms. The molecule has 9 nitrogen and oxygen atoms in total. The van der Waals surface area contributed by atoms with Gasteiger partial charge in [-0.1, -0.05) is 54.9 Å². The Morgan fingerprint density at radius 1 is 1.00 bits per heavy atom. The second kappa shape index (κ2) is 17.0. The van der Waals surface area contributed by atoms with Gasteiger partial charge in [-0.2, -0.15) is 0 Å². The number of carbonyl (C=O) groups is 3. The van der Waals surface area contributed by atoms with E-state index in [1.807, 2.05) is 25.1 Å². The van der Waals surface area contributed by atoms with Gasteiger partial charge in [-0.05, 0) is 72.2 Å². The van der Waals surface area contributed by atoms with Crippen LogP contribution in [0.4, 0.5) is 0 Å². The standard InChI is InChI=1S/C33H39ClN2O7S/c1-3-25-11-14-28(34)19-26(25)13-16-31(38)30(20-37)36-33(40)27(12-15-29-6-4-5-17-35-29)22-44(41,42)21-24-9-7-23(8-10-24)18-32(39)43-2/h4-11,14,17,19,27,30,37H,3,12-13,15-16,18,20-22H2,1-2H3,(H,36,40)/t27?,30-/m0/s1. The molecule has 2 aromatic carbocycles. The number of aliphatic hydroxyl groups excluding tert-OH is 1. The molecule has 1 heterocycles. The average molecular weight is 643 g/mol. The molecule has 236 valence electrons. The highest BCUT2D eigenvalue weighted by Gasteiger charge is 2.29. The summed E-state index contributed by atoms with van der Waals surface area (Å²) in [6.07, 6.45) is 3.45. The Hall–Kier alpha value is -3.60. The van der Waals surface area contributed by atoms with Crippen molar-refractivity contribution < 1.29 is 32.6 Å². The Morgan fingerprint density at radius 2 is 1.73 bits per heavy atom. The number of rotatable bonds is 17. The van der Waals surface area contributed by atoms with Crippen molar-refractivity contribution in [2.24, 2.45) is 5.92 Å². The van der Waals surface area contributed by atoms with Gasteiger partial charge in [0.15, 0.2) is 15.6 Å². The average Bonchev–Trinajstić information content (AvgIpc) is 3.01. The van der Waals surface area contributed by atoms with Crippen molar-refractivity contribution in [3.8, 4) is 0 Å². The van der Waals surface area contributed by atoms with E-state index < -0.39 is 46.0 Å². The van der Waals surface area contributed by atoms with Crippen molar-refractivity contribution in [3.05, 3.63) is 99.8 Å². The van der Waals surface area contributed by atoms with Gasteiger partial charge in [0, 0.05) is 23.3 Å². The number of nitrogens with one attached hydrogen (secondary N) is 1. The van der Waals surface area contributed by atoms with E-state index in [2.05, 4.69) is 15.0 Å². The summed E-state index contributed by atoms with van der Waals surface area (Å²) in [6, 6.07) is 16.3. The first-order valence-corrected chi connectivity index (χ1v) is 16.7. The molecule has 0 bridgehead atoms. The lowest BCUT2D eigenvalue weighted by atomic mass is 9.97. The zero-order valence-electron chi connectivity index (χ0n) is 25.0. The Balaban J connectivity index is 1.70. The fraction of sp³-hybridized carbons (Fsp3) is 0.394. The molecule has 44 heavy (non-hydrogen) atoms. The number of hydrogen-bond donors (Lipinski definition) is 2. The molecule has 1 aromatic heterocycles. The normalized spacial score (nSPS) is 12.7. The largest absolute Gasteiger partial charge is 0.469 e. The second-order valence-corrected chi connectivity index (χ2v) is 13.2. The maximum Gasteiger partial charge on any atom is 0.309 e. The summed E-state index contributed by atoms with van der Waals surface area (Å²) in [7, 11) is -2.48. The number of methoxy groups -OCH3 is 1. The third-order valence-electron chi connectivity index (χ3n) is 7.36. The predicted octanol–water partition coefficient (Wildman–Crippen LogP) is 3.86. The number of benzene rings is 2. The highest BCUT2D eigenvalue weighted by atomic mass is 35.5. The van der Waals surface area contributed by atoms with Crippen molar-refractivity contribution in [1.82, 2.24) is 10.3 Å². The smallest absolute Gasteiger partial charge is 0.309 e. The van der Waals surface area contributed by atoms with Gasteiger partial charge in [-0.3, -0.25) is 19.4 Å². The molecule has 0 aliphatic rings. The van der Waals surface area contributed by atoms with Crippen molar-refractivity contribution in [2.45, 2.75) is 57.2 Å². The number of aryl methyl sites for hydroxylation is 3. The highest BCUT2D eigenvalue weighted by Crippen LogP contribution is 2.20. The van der Waals surface area contributed by atoms with Crippen LogP contribution >= 0.6 is 11.6 Å². The van der Waals surface area contributed by atoms with Gasteiger partial charge in [0.25, 0.3) is 0 Å². The van der Waals surface area contributed by atoms with Crippen molar-refractivity contribution in [2.75, 3.05) is 19.5 Å². The summed E-state index contributed by atoms with van der Waals surface area (Å²) in [4.78, 5) is 42.3. The molecule has 2 atom stereocenters. The zero-order chi connectivity index (χ0) is 32.1. The third-order valence-corrected chi connectivity index (χ3v) is 9.28. The molecule has 11 heteroatoms. The minimum absolute atomic E-state index is 0.0712. The van der Waals surface area contributed by atoms with Crippen LogP contribution in [0.3, 0.4) is 0 Å². The number of ether oxygens (including phenoxy) is 1. The summed E-state index contributed by atoms with van der Waals surface area (Å²) in [5, 5.41) is 13.1. The molecule has 3 aromatic rings. The van der Waals surface area contributed by atoms with E-state index in [0.29, 0.717) is 34.7 Å². The van der Waals surface area contributed by atoms with Crippen LogP contribution in [-0.2, 0) is 60.4 Å². The molecule has 0 fully saturated rings. The van der Waals surface area contributed by atoms with Crippen LogP contribution < -0.4 is 5.32 Å². The van der Waals surface area contributed by atoms with Crippen LogP contribution in [0, 0.1) is 5.92 Å². The van der Waals surface area contributed by atoms with E-state index in [9.17, 15) is 27.9 Å². The van der Waals surface area contributed by atoms with Crippen molar-refractivity contribution in [1.29, 1.82) is 0 Å². The number of amides is 1. The van der Waals surface area contributed by atoms with Crippen LogP contribution in [0.5, 0.6) is 0 Å². The minimum Gasteiger partial charge on any atom is -0.469 e. The molecule has 0 radical (unpaired) electrons. The first kappa shape index (κ1) is 34.9. The molecule has 0 aliphatic carbocycles. The Kier molecular flexibility index (Phi) is 13.5. The maximum absolute atomic E-state index is 13.4. The number of aromatic nitrogens is 1. The van der Waals surface area contributed by atoms with Crippen LogP contribution in [-0.4, -0.2) is 61.7 Å². The molecular weight excluding hydrogens is 604 g/mol. The lowest BCUT2D eigenvalue weighted by Crippen LogP contribution is -2.47. The number of aliphatic hydroxyl groups is 1. The van der Waals surface area contributed by atoms with E-state index >= 15 is 0 Å². The van der Waals surface area contributed by atoms with E-state index in [1.54, 1.807) is 48.7 Å². The number of halogens is 1. The van der Waals surface area contributed by atoms with E-state index in [1.165, 1.54) is 7.11 Å². The molecule has 1 unspecified atom stereocenters. The van der Waals surface area contributed by atoms with E-state index in [-0.39, 0.29) is 30.8 Å². The van der Waals surface area contributed by atoms with Crippen LogP contribution in [0.25, 0.3) is 0 Å². The number of Topliss-reactive ketones (excluding diaryl/α,β-unsaturated/α-hetero) is 1. The molecule has 2 N–H and O–H groups in total. The van der Waals surface area contributed by atoms with Crippen molar-refractivity contribution in [3.63, 3.8) is 0 Å². The molecular formula is C33H39ClN2O7S. The monoisotopic (exact) mass is 642 g/mol. The topological polar surface area (TPSA) is 140 Å². The second-order valence-electron chi connectivity index (χ2n) is 10.7. The Labute approximate surface area is 263 Å². The first-order chi connectivity index (χ1) is 21.0. The van der Waals surface area contributed by atoms with Crippen molar-refractivity contribution >= 4 is 39.1 Å². The Bertz CT molecular complexity index is 1510. The van der Waals surface area contributed by atoms with Gasteiger partial charge >= 0.3 is 5.97 Å². The number of esters is 1. The minimum atomic E-state index is -3.78. The van der Waals surface area contributed by atoms with Crippen LogP contribution in [0.2, 0.25) is 5.02 Å². The predicted molar refractivity (Wildman–Crippen MR) is 169 cm³/mol. The summed E-state index contributed by atoms with van der Waals surface area (Å²) in [6.45, 7) is 1.39. The Morgan fingerprint density at radius 3 is 2.36 bits per heavy atom. The van der Waals surface area contributed by atoms with Crippen LogP contribution in [0.1, 0.15) is 47.7 Å². The van der Waals surface area contributed by atoms with Gasteiger partial charge in [-0.25, -0.2) is 8.42 Å². The number of ketones is 1. The molecule has 3 rings (SSSR count). The number of nitrogens with zero attached hydrogens (tertiary/aromatic N) is 1. The van der Waals surface area contributed by atoms with Gasteiger partial charge in [0.2, 0.25) is 5.91 Å². The third kappa shape index (κ3) is 11.2. The highest BCUT2D eigenvalue weighted by molar-refractivity contribution is 7.90. The number of sulfone groups is 1. The van der Waals surface area contributed by atoms with Gasteiger partial charge in [0.05, 0.1) is 37.6 Å². The van der Waals surface area contributed by atoms with Crippen LogP contribution in [0.15, 0.2) is 66.9 Å². The number of pyridine rings is 1. The molecule has 0 aliphatic heterocycles. The SMILES string of the molecule is CCc1ccc(Cl)cc1CCC(=O)[C@H](CO)NC(=O)C(CCc1ccccn1)CS(=O)(=O)Cc1ccc(CC(=O)OC)cc1. The van der Waals surface area contributed by atoms with Gasteiger partial charge in [-0.15, -0.1) is 0 Å². The first-order valence-electron chi connectivity index (χ1n) is 14.5. The lowest BCUT2D eigenvalue weighted by molar-refractivity contribution is -0.139. The molecule has 0 saturated heterocycles. The zero-order valence-corrected chi connectivity index (χ0v) is 26.6. The fourth-order valence-corrected chi connectivity index (χ4v) is 6.84. The maximum atomic E-state index is 13.4.